The normalized spacial score (nSPS) is 15.8. The average molecular weight is 286 g/mol. The summed E-state index contributed by atoms with van der Waals surface area (Å²) in [6, 6.07) is 5.40. The molecule has 0 saturated heterocycles. The second-order valence-electron chi connectivity index (χ2n) is 5.20. The van der Waals surface area contributed by atoms with E-state index in [1.807, 2.05) is 19.1 Å². The summed E-state index contributed by atoms with van der Waals surface area (Å²) in [5, 5.41) is 6.95. The van der Waals surface area contributed by atoms with Gasteiger partial charge in [-0.05, 0) is 31.5 Å². The van der Waals surface area contributed by atoms with Crippen molar-refractivity contribution in [2.24, 2.45) is 0 Å². The number of hydrogen-bond acceptors (Lipinski definition) is 4. The first-order valence-corrected chi connectivity index (χ1v) is 7.24. The smallest absolute Gasteiger partial charge is 0.251 e. The van der Waals surface area contributed by atoms with Crippen LogP contribution in [0, 0.1) is 0 Å². The number of unbranched alkanes of at least 4 members (excludes halogenated alkanes) is 1. The van der Waals surface area contributed by atoms with Crippen LogP contribution >= 0.6 is 0 Å². The number of nitrogens with one attached hydrogen (secondary N) is 1. The van der Waals surface area contributed by atoms with Gasteiger partial charge in [0.05, 0.1) is 5.56 Å². The molecule has 5 nitrogen and oxygen atoms in total. The van der Waals surface area contributed by atoms with Crippen molar-refractivity contribution < 1.29 is 14.1 Å². The molecule has 0 spiro atoms. The zero-order chi connectivity index (χ0) is 14.8. The van der Waals surface area contributed by atoms with Crippen molar-refractivity contribution in [3.05, 3.63) is 35.6 Å². The molecule has 1 aliphatic heterocycles. The molecule has 0 aliphatic carbocycles. The minimum Gasteiger partial charge on any atom is -0.485 e. The van der Waals surface area contributed by atoms with Crippen LogP contribution < -0.4 is 10.1 Å². The van der Waals surface area contributed by atoms with Gasteiger partial charge in [-0.2, -0.15) is 0 Å². The fraction of sp³-hybridized carbons (Fsp3) is 0.375. The minimum absolute atomic E-state index is 0.0742. The van der Waals surface area contributed by atoms with Gasteiger partial charge >= 0.3 is 0 Å². The van der Waals surface area contributed by atoms with Gasteiger partial charge in [-0.1, -0.05) is 18.5 Å². The van der Waals surface area contributed by atoms with Crippen LogP contribution in [0.1, 0.15) is 48.7 Å². The predicted octanol–water partition coefficient (Wildman–Crippen LogP) is 3.32. The Balaban J connectivity index is 1.89. The number of aromatic nitrogens is 1. The van der Waals surface area contributed by atoms with E-state index in [4.69, 9.17) is 9.26 Å². The van der Waals surface area contributed by atoms with Crippen LogP contribution in [0.4, 0.5) is 0 Å². The summed E-state index contributed by atoms with van der Waals surface area (Å²) in [6.07, 6.45) is 3.53. The second-order valence-corrected chi connectivity index (χ2v) is 5.20. The number of rotatable bonds is 4. The van der Waals surface area contributed by atoms with E-state index in [9.17, 15) is 4.79 Å². The topological polar surface area (TPSA) is 64.4 Å². The van der Waals surface area contributed by atoms with Crippen LogP contribution in [0.15, 0.2) is 29.0 Å². The van der Waals surface area contributed by atoms with E-state index in [1.165, 1.54) is 0 Å². The number of benzene rings is 1. The fourth-order valence-corrected chi connectivity index (χ4v) is 2.43. The van der Waals surface area contributed by atoms with Crippen molar-refractivity contribution in [3.8, 4) is 17.0 Å². The number of nitrogens with zero attached hydrogens (tertiary/aromatic N) is 1. The van der Waals surface area contributed by atoms with Gasteiger partial charge in [0, 0.05) is 17.7 Å². The van der Waals surface area contributed by atoms with Crippen molar-refractivity contribution in [1.82, 2.24) is 10.5 Å². The van der Waals surface area contributed by atoms with Crippen molar-refractivity contribution in [2.45, 2.75) is 32.8 Å². The van der Waals surface area contributed by atoms with Crippen LogP contribution in [0.3, 0.4) is 0 Å². The summed E-state index contributed by atoms with van der Waals surface area (Å²) in [7, 11) is 0. The highest BCUT2D eigenvalue weighted by Gasteiger charge is 2.27. The van der Waals surface area contributed by atoms with Crippen LogP contribution in [0.25, 0.3) is 11.3 Å². The largest absolute Gasteiger partial charge is 0.485 e. The molecular formula is C16H18N2O3. The Kier molecular flexibility index (Phi) is 3.64. The van der Waals surface area contributed by atoms with Crippen molar-refractivity contribution in [2.75, 3.05) is 6.54 Å². The molecule has 21 heavy (non-hydrogen) atoms. The van der Waals surface area contributed by atoms with Gasteiger partial charge in [0.2, 0.25) is 0 Å². The molecule has 2 heterocycles. The summed E-state index contributed by atoms with van der Waals surface area (Å²) in [5.74, 6) is 0.656. The van der Waals surface area contributed by atoms with E-state index in [0.29, 0.717) is 12.1 Å². The van der Waals surface area contributed by atoms with Gasteiger partial charge in [-0.15, -0.1) is 0 Å². The van der Waals surface area contributed by atoms with Gasteiger partial charge in [-0.3, -0.25) is 4.79 Å². The summed E-state index contributed by atoms with van der Waals surface area (Å²) in [5.41, 5.74) is 3.08. The highest BCUT2D eigenvalue weighted by Crippen LogP contribution is 2.41. The SMILES string of the molecule is CCCCNC(=O)c1ccc2c(c1)-c1nocc1C(C)O2. The molecule has 0 radical (unpaired) electrons. The molecule has 1 aromatic heterocycles. The molecule has 1 amide bonds. The third-order valence-corrected chi connectivity index (χ3v) is 3.65. The number of carbonyl (C=O) groups is 1. The first-order chi connectivity index (χ1) is 10.2. The fourth-order valence-electron chi connectivity index (χ4n) is 2.43. The van der Waals surface area contributed by atoms with E-state index >= 15 is 0 Å². The number of carbonyl (C=O) groups excluding carboxylic acids is 1. The molecule has 0 bridgehead atoms. The molecule has 1 atom stereocenters. The number of hydrogen-bond donors (Lipinski definition) is 1. The van der Waals surface area contributed by atoms with Gasteiger partial charge in [0.15, 0.2) is 0 Å². The molecule has 1 unspecified atom stereocenters. The Morgan fingerprint density at radius 1 is 1.43 bits per heavy atom. The van der Waals surface area contributed by atoms with E-state index in [1.54, 1.807) is 12.3 Å². The summed E-state index contributed by atoms with van der Waals surface area (Å²) >= 11 is 0. The molecule has 3 rings (SSSR count). The molecule has 5 heteroatoms. The van der Waals surface area contributed by atoms with Crippen LogP contribution in [0.2, 0.25) is 0 Å². The Morgan fingerprint density at radius 3 is 3.10 bits per heavy atom. The van der Waals surface area contributed by atoms with E-state index < -0.39 is 0 Å². The lowest BCUT2D eigenvalue weighted by molar-refractivity contribution is 0.0953. The first kappa shape index (κ1) is 13.7. The van der Waals surface area contributed by atoms with Gasteiger partial charge in [0.25, 0.3) is 5.91 Å². The molecule has 110 valence electrons. The third kappa shape index (κ3) is 2.51. The highest BCUT2D eigenvalue weighted by molar-refractivity contribution is 5.96. The molecule has 1 N–H and O–H groups in total. The van der Waals surface area contributed by atoms with Gasteiger partial charge in [-0.25, -0.2) is 0 Å². The lowest BCUT2D eigenvalue weighted by Gasteiger charge is -2.22. The quantitative estimate of drug-likeness (QED) is 0.876. The maximum absolute atomic E-state index is 12.1. The average Bonchev–Trinajstić information content (AvgIpc) is 2.97. The maximum Gasteiger partial charge on any atom is 0.251 e. The van der Waals surface area contributed by atoms with E-state index in [0.717, 1.165) is 35.4 Å². The highest BCUT2D eigenvalue weighted by atomic mass is 16.5. The lowest BCUT2D eigenvalue weighted by atomic mass is 9.98. The van der Waals surface area contributed by atoms with Gasteiger partial charge in [0.1, 0.15) is 23.8 Å². The Labute approximate surface area is 123 Å². The van der Waals surface area contributed by atoms with Crippen molar-refractivity contribution >= 4 is 5.91 Å². The van der Waals surface area contributed by atoms with Crippen LogP contribution in [0.5, 0.6) is 5.75 Å². The Bertz CT molecular complexity index is 663. The Hall–Kier alpha value is -2.30. The first-order valence-electron chi connectivity index (χ1n) is 7.24. The van der Waals surface area contributed by atoms with Gasteiger partial charge < -0.3 is 14.6 Å². The standard InChI is InChI=1S/C16H18N2O3/c1-3-4-7-17-16(19)11-5-6-14-12(8-11)15-13(9-20-18-15)10(2)21-14/h5-6,8-10H,3-4,7H2,1-2H3,(H,17,19). The summed E-state index contributed by atoms with van der Waals surface area (Å²) in [6.45, 7) is 4.73. The molecular weight excluding hydrogens is 268 g/mol. The zero-order valence-corrected chi connectivity index (χ0v) is 12.2. The molecule has 1 aromatic carbocycles. The molecule has 1 aliphatic rings. The number of amides is 1. The number of fused-ring (bicyclic) bond motifs is 3. The second kappa shape index (κ2) is 5.60. The molecule has 0 fully saturated rings. The molecule has 2 aromatic rings. The number of ether oxygens (including phenoxy) is 1. The zero-order valence-electron chi connectivity index (χ0n) is 12.2. The maximum atomic E-state index is 12.1. The van der Waals surface area contributed by atoms with Crippen LogP contribution in [-0.2, 0) is 0 Å². The monoisotopic (exact) mass is 286 g/mol. The third-order valence-electron chi connectivity index (χ3n) is 3.65. The summed E-state index contributed by atoms with van der Waals surface area (Å²) in [4.78, 5) is 12.1. The van der Waals surface area contributed by atoms with Crippen molar-refractivity contribution in [1.29, 1.82) is 0 Å². The Morgan fingerprint density at radius 2 is 2.29 bits per heavy atom. The summed E-state index contributed by atoms with van der Waals surface area (Å²) < 4.78 is 10.9. The molecule has 0 saturated carbocycles. The van der Waals surface area contributed by atoms with Crippen LogP contribution in [-0.4, -0.2) is 17.6 Å². The van der Waals surface area contributed by atoms with E-state index in [-0.39, 0.29) is 12.0 Å². The minimum atomic E-state index is -0.0945. The predicted molar refractivity (Wildman–Crippen MR) is 78.2 cm³/mol. The van der Waals surface area contributed by atoms with E-state index in [2.05, 4.69) is 17.4 Å². The lowest BCUT2D eigenvalue weighted by Crippen LogP contribution is -2.24. The van der Waals surface area contributed by atoms with Crippen molar-refractivity contribution in [3.63, 3.8) is 0 Å².